The first-order chi connectivity index (χ1) is 13.8. The Bertz CT molecular complexity index is 1110. The third kappa shape index (κ3) is 3.06. The fourth-order valence-corrected chi connectivity index (χ4v) is 4.67. The van der Waals surface area contributed by atoms with Crippen LogP contribution in [0.4, 0.5) is 0 Å². The fourth-order valence-electron chi connectivity index (χ4n) is 4.67. The van der Waals surface area contributed by atoms with Crippen LogP contribution in [-0.4, -0.2) is 30.5 Å². The van der Waals surface area contributed by atoms with Gasteiger partial charge in [-0.25, -0.2) is 0 Å². The Morgan fingerprint density at radius 1 is 1.00 bits per heavy atom. The van der Waals surface area contributed by atoms with Gasteiger partial charge in [-0.15, -0.1) is 0 Å². The highest BCUT2D eigenvalue weighted by atomic mass is 16.5. The molecule has 5 nitrogen and oxygen atoms in total. The summed E-state index contributed by atoms with van der Waals surface area (Å²) in [5.74, 6) is 1.58. The highest BCUT2D eigenvalue weighted by molar-refractivity contribution is 6.05. The Morgan fingerprint density at radius 2 is 1.76 bits per heavy atom. The normalized spacial score (nSPS) is 18.5. The van der Waals surface area contributed by atoms with Gasteiger partial charge in [0.1, 0.15) is 23.0 Å². The van der Waals surface area contributed by atoms with Crippen LogP contribution in [0.2, 0.25) is 0 Å². The minimum absolute atomic E-state index is 0.0997. The Kier molecular flexibility index (Phi) is 4.79. The average molecular weight is 393 g/mol. The molecule has 29 heavy (non-hydrogen) atoms. The van der Waals surface area contributed by atoms with Crippen molar-refractivity contribution in [3.05, 3.63) is 47.0 Å². The lowest BCUT2D eigenvalue weighted by molar-refractivity contribution is 0.378. The number of phenolic OH excluding ortho intramolecular Hbond substituents is 2. The second kappa shape index (κ2) is 7.16. The van der Waals surface area contributed by atoms with Crippen molar-refractivity contribution in [2.24, 2.45) is 0 Å². The molecule has 0 saturated heterocycles. The summed E-state index contributed by atoms with van der Waals surface area (Å²) >= 11 is 0. The molecule has 0 amide bonds. The van der Waals surface area contributed by atoms with Crippen LogP contribution in [0.15, 0.2) is 30.3 Å². The van der Waals surface area contributed by atoms with Crippen LogP contribution in [0, 0.1) is 6.92 Å². The largest absolute Gasteiger partial charge is 0.507 e. The van der Waals surface area contributed by atoms with Crippen molar-refractivity contribution < 1.29 is 19.7 Å². The predicted molar refractivity (Wildman–Crippen MR) is 115 cm³/mol. The maximum absolute atomic E-state index is 11.0. The van der Waals surface area contributed by atoms with Gasteiger partial charge in [-0.1, -0.05) is 6.07 Å². The number of aryl methyl sites for hydroxylation is 1. The van der Waals surface area contributed by atoms with Crippen molar-refractivity contribution in [3.8, 4) is 34.1 Å². The minimum Gasteiger partial charge on any atom is -0.507 e. The number of hydrogen-bond acceptors (Lipinski definition) is 5. The summed E-state index contributed by atoms with van der Waals surface area (Å²) in [6, 6.07) is 9.63. The second-order valence-corrected chi connectivity index (χ2v) is 7.89. The predicted octanol–water partition coefficient (Wildman–Crippen LogP) is 4.84. The molecule has 0 aliphatic carbocycles. The van der Waals surface area contributed by atoms with E-state index in [1.807, 2.05) is 31.2 Å². The monoisotopic (exact) mass is 393 g/mol. The Labute approximate surface area is 170 Å². The Morgan fingerprint density at radius 3 is 2.45 bits per heavy atom. The summed E-state index contributed by atoms with van der Waals surface area (Å²) < 4.78 is 11.4. The van der Waals surface area contributed by atoms with Crippen LogP contribution in [-0.2, 0) is 6.42 Å². The summed E-state index contributed by atoms with van der Waals surface area (Å²) in [6.07, 6.45) is 0.827. The van der Waals surface area contributed by atoms with Gasteiger partial charge in [0.15, 0.2) is 0 Å². The van der Waals surface area contributed by atoms with Crippen molar-refractivity contribution in [2.75, 3.05) is 14.2 Å². The van der Waals surface area contributed by atoms with Gasteiger partial charge in [0.2, 0.25) is 0 Å². The first kappa shape index (κ1) is 19.4. The van der Waals surface area contributed by atoms with Crippen LogP contribution in [0.3, 0.4) is 0 Å². The number of hydrogen-bond donors (Lipinski definition) is 3. The molecule has 1 heterocycles. The molecule has 0 fully saturated rings. The zero-order chi connectivity index (χ0) is 20.9. The standard InChI is InChI=1S/C24H27NO4/c1-12-8-17-16(6-7-18(26)22(17)20(9-12)28-4)23-19(27)11-15-10-13(2)25-14(3)21(15)24(23)29-5/h6-9,11,13-14,25-27H,10H2,1-5H3/t13-,14+/m1/s1. The van der Waals surface area contributed by atoms with E-state index in [2.05, 4.69) is 19.2 Å². The summed E-state index contributed by atoms with van der Waals surface area (Å²) in [5, 5.41) is 26.5. The molecule has 3 N–H and O–H groups in total. The van der Waals surface area contributed by atoms with E-state index in [-0.39, 0.29) is 17.5 Å². The highest BCUT2D eigenvalue weighted by Crippen LogP contribution is 2.49. The highest BCUT2D eigenvalue weighted by Gasteiger charge is 2.29. The molecule has 5 heteroatoms. The van der Waals surface area contributed by atoms with Crippen molar-refractivity contribution >= 4 is 10.8 Å². The van der Waals surface area contributed by atoms with Crippen molar-refractivity contribution in [2.45, 2.75) is 39.3 Å². The number of fused-ring (bicyclic) bond motifs is 2. The Hall–Kier alpha value is -2.92. The molecule has 0 aromatic heterocycles. The zero-order valence-corrected chi connectivity index (χ0v) is 17.5. The van der Waals surface area contributed by atoms with Gasteiger partial charge in [0.05, 0.1) is 25.2 Å². The summed E-state index contributed by atoms with van der Waals surface area (Å²) in [7, 11) is 3.23. The molecule has 0 unspecified atom stereocenters. The maximum Gasteiger partial charge on any atom is 0.135 e. The van der Waals surface area contributed by atoms with Crippen molar-refractivity contribution in [3.63, 3.8) is 0 Å². The molecule has 1 aliphatic heterocycles. The quantitative estimate of drug-likeness (QED) is 0.594. The van der Waals surface area contributed by atoms with E-state index in [1.54, 1.807) is 20.3 Å². The van der Waals surface area contributed by atoms with Gasteiger partial charge in [-0.2, -0.15) is 0 Å². The van der Waals surface area contributed by atoms with E-state index < -0.39 is 0 Å². The summed E-state index contributed by atoms with van der Waals surface area (Å²) in [5.41, 5.74) is 4.59. The molecule has 1 aliphatic rings. The number of ether oxygens (including phenoxy) is 2. The lowest BCUT2D eigenvalue weighted by atomic mass is 9.85. The molecule has 3 aromatic rings. The van der Waals surface area contributed by atoms with Gasteiger partial charge in [0, 0.05) is 17.6 Å². The van der Waals surface area contributed by atoms with Gasteiger partial charge in [0.25, 0.3) is 0 Å². The zero-order valence-electron chi connectivity index (χ0n) is 17.5. The first-order valence-electron chi connectivity index (χ1n) is 9.85. The summed E-state index contributed by atoms with van der Waals surface area (Å²) in [6.45, 7) is 6.23. The molecular weight excluding hydrogens is 366 g/mol. The van der Waals surface area contributed by atoms with Crippen LogP contribution in [0.1, 0.15) is 36.6 Å². The molecule has 3 aromatic carbocycles. The molecule has 0 bridgehead atoms. The van der Waals surface area contributed by atoms with Crippen molar-refractivity contribution in [1.82, 2.24) is 5.32 Å². The number of aromatic hydroxyl groups is 2. The molecular formula is C24H27NO4. The van der Waals surface area contributed by atoms with E-state index >= 15 is 0 Å². The van der Waals surface area contributed by atoms with Crippen LogP contribution < -0.4 is 14.8 Å². The van der Waals surface area contributed by atoms with Gasteiger partial charge < -0.3 is 25.0 Å². The molecule has 0 radical (unpaired) electrons. The third-order valence-electron chi connectivity index (χ3n) is 5.77. The second-order valence-electron chi connectivity index (χ2n) is 7.89. The SMILES string of the molecule is COc1c(-c2ccc(O)c3c(OC)cc(C)cc23)c(O)cc2c1[C@H](C)N[C@H](C)C2. The number of methoxy groups -OCH3 is 2. The Balaban J connectivity index is 2.09. The topological polar surface area (TPSA) is 71.0 Å². The van der Waals surface area contributed by atoms with Crippen LogP contribution in [0.25, 0.3) is 21.9 Å². The van der Waals surface area contributed by atoms with Crippen LogP contribution >= 0.6 is 0 Å². The van der Waals surface area contributed by atoms with Gasteiger partial charge in [-0.3, -0.25) is 0 Å². The number of rotatable bonds is 3. The van der Waals surface area contributed by atoms with Gasteiger partial charge in [-0.05, 0) is 73.5 Å². The molecule has 2 atom stereocenters. The van der Waals surface area contributed by atoms with E-state index in [1.165, 1.54) is 0 Å². The molecule has 152 valence electrons. The summed E-state index contributed by atoms with van der Waals surface area (Å²) in [4.78, 5) is 0. The number of nitrogens with one attached hydrogen (secondary N) is 1. The van der Waals surface area contributed by atoms with E-state index in [0.29, 0.717) is 28.5 Å². The fraction of sp³-hybridized carbons (Fsp3) is 0.333. The average Bonchev–Trinajstić information content (AvgIpc) is 2.66. The lowest BCUT2D eigenvalue weighted by Gasteiger charge is -2.32. The lowest BCUT2D eigenvalue weighted by Crippen LogP contribution is -2.36. The van der Waals surface area contributed by atoms with Crippen molar-refractivity contribution in [1.29, 1.82) is 0 Å². The van der Waals surface area contributed by atoms with E-state index in [0.717, 1.165) is 34.1 Å². The third-order valence-corrected chi connectivity index (χ3v) is 5.77. The molecule has 0 saturated carbocycles. The first-order valence-corrected chi connectivity index (χ1v) is 9.85. The smallest absolute Gasteiger partial charge is 0.135 e. The number of benzene rings is 3. The minimum atomic E-state index is 0.0997. The molecule has 0 spiro atoms. The molecule has 4 rings (SSSR count). The van der Waals surface area contributed by atoms with Crippen LogP contribution in [0.5, 0.6) is 23.0 Å². The van der Waals surface area contributed by atoms with Gasteiger partial charge >= 0.3 is 0 Å². The van der Waals surface area contributed by atoms with E-state index in [9.17, 15) is 10.2 Å². The number of phenols is 2. The van der Waals surface area contributed by atoms with E-state index in [4.69, 9.17) is 9.47 Å². The maximum atomic E-state index is 11.0.